The van der Waals surface area contributed by atoms with Crippen LogP contribution in [0.4, 0.5) is 5.69 Å². The lowest BCUT2D eigenvalue weighted by Crippen LogP contribution is -2.34. The van der Waals surface area contributed by atoms with Crippen LogP contribution in [0, 0.1) is 0 Å². The molecule has 1 atom stereocenters. The Labute approximate surface area is 104 Å². The van der Waals surface area contributed by atoms with Gasteiger partial charge in [0.2, 0.25) is 0 Å². The molecule has 1 nitrogen and oxygen atoms in total. The lowest BCUT2D eigenvalue weighted by Gasteiger charge is -2.34. The molecule has 3 rings (SSSR count). The summed E-state index contributed by atoms with van der Waals surface area (Å²) in [6.07, 6.45) is 10.9. The van der Waals surface area contributed by atoms with Gasteiger partial charge in [0.05, 0.1) is 6.04 Å². The van der Waals surface area contributed by atoms with Crippen LogP contribution in [-0.4, -0.2) is 13.1 Å². The molecule has 0 spiro atoms. The minimum absolute atomic E-state index is 0.407. The molecule has 1 aromatic carbocycles. The zero-order valence-corrected chi connectivity index (χ0v) is 10.7. The van der Waals surface area contributed by atoms with Gasteiger partial charge in [-0.05, 0) is 23.3 Å². The summed E-state index contributed by atoms with van der Waals surface area (Å²) in [5.41, 5.74) is 4.00. The van der Waals surface area contributed by atoms with Crippen LogP contribution < -0.4 is 4.90 Å². The summed E-state index contributed by atoms with van der Waals surface area (Å²) in [7, 11) is 2.15. The fourth-order valence-corrected chi connectivity index (χ4v) is 2.29. The Bertz CT molecular complexity index is 480. The number of benzene rings is 1. The fraction of sp³-hybridized carbons (Fsp3) is 0.250. The van der Waals surface area contributed by atoms with E-state index in [0.717, 1.165) is 0 Å². The molecular weight excluding hydrogens is 206 g/mol. The van der Waals surface area contributed by atoms with Crippen molar-refractivity contribution in [1.82, 2.24) is 0 Å². The standard InChI is InChI=1S/C14H13N.C2H6/c1-15-13-8-4-2-6-11(13)10-12-7-3-5-9-14(12)15;1-2/h2-10,13H,1H3;1-2H3. The predicted octanol–water partition coefficient (Wildman–Crippen LogP) is 4.04. The van der Waals surface area contributed by atoms with Crippen molar-refractivity contribution in [3.05, 3.63) is 59.7 Å². The number of para-hydroxylation sites is 1. The molecule has 1 aliphatic carbocycles. The maximum Gasteiger partial charge on any atom is 0.0726 e. The second kappa shape index (κ2) is 5.05. The van der Waals surface area contributed by atoms with E-state index in [1.807, 2.05) is 13.8 Å². The van der Waals surface area contributed by atoms with Crippen LogP contribution in [0.5, 0.6) is 0 Å². The summed E-state index contributed by atoms with van der Waals surface area (Å²) in [5, 5.41) is 0. The van der Waals surface area contributed by atoms with Gasteiger partial charge in [0.1, 0.15) is 0 Å². The van der Waals surface area contributed by atoms with Crippen molar-refractivity contribution in [2.75, 3.05) is 11.9 Å². The monoisotopic (exact) mass is 225 g/mol. The number of hydrogen-bond donors (Lipinski definition) is 0. The molecule has 0 fully saturated rings. The molecule has 1 unspecified atom stereocenters. The highest BCUT2D eigenvalue weighted by Gasteiger charge is 2.22. The van der Waals surface area contributed by atoms with E-state index in [0.29, 0.717) is 6.04 Å². The average molecular weight is 225 g/mol. The summed E-state index contributed by atoms with van der Waals surface area (Å²) in [4.78, 5) is 2.32. The predicted molar refractivity (Wildman–Crippen MR) is 76.2 cm³/mol. The van der Waals surface area contributed by atoms with Crippen LogP contribution in [0.1, 0.15) is 19.4 Å². The number of nitrogens with zero attached hydrogens (tertiary/aromatic N) is 1. The van der Waals surface area contributed by atoms with E-state index >= 15 is 0 Å². The molecular formula is C16H19N. The van der Waals surface area contributed by atoms with E-state index in [4.69, 9.17) is 0 Å². The van der Waals surface area contributed by atoms with E-state index in [-0.39, 0.29) is 0 Å². The van der Waals surface area contributed by atoms with E-state index < -0.39 is 0 Å². The molecule has 0 N–H and O–H groups in total. The van der Waals surface area contributed by atoms with Crippen LogP contribution >= 0.6 is 0 Å². The molecule has 0 saturated carbocycles. The zero-order valence-electron chi connectivity index (χ0n) is 10.7. The maximum absolute atomic E-state index is 2.32. The number of allylic oxidation sites excluding steroid dienone is 2. The Hall–Kier alpha value is -1.76. The third-order valence-corrected chi connectivity index (χ3v) is 3.09. The Kier molecular flexibility index (Phi) is 3.48. The first kappa shape index (κ1) is 11.7. The number of fused-ring (bicyclic) bond motifs is 2. The highest BCUT2D eigenvalue weighted by molar-refractivity contribution is 5.77. The lowest BCUT2D eigenvalue weighted by atomic mass is 9.93. The smallest absolute Gasteiger partial charge is 0.0726 e. The summed E-state index contributed by atoms with van der Waals surface area (Å²) in [5.74, 6) is 0. The van der Waals surface area contributed by atoms with Crippen LogP contribution in [-0.2, 0) is 0 Å². The molecule has 1 aliphatic heterocycles. The number of likely N-dealkylation sites (N-methyl/N-ethyl adjacent to an activating group) is 1. The normalized spacial score (nSPS) is 19.8. The van der Waals surface area contributed by atoms with Crippen LogP contribution in [0.2, 0.25) is 0 Å². The minimum Gasteiger partial charge on any atom is -0.364 e. The number of hydrogen-bond acceptors (Lipinski definition) is 1. The third-order valence-electron chi connectivity index (χ3n) is 3.09. The van der Waals surface area contributed by atoms with Crippen molar-refractivity contribution in [2.24, 2.45) is 0 Å². The summed E-state index contributed by atoms with van der Waals surface area (Å²) < 4.78 is 0. The lowest BCUT2D eigenvalue weighted by molar-refractivity contribution is 0.852. The van der Waals surface area contributed by atoms with Crippen molar-refractivity contribution in [1.29, 1.82) is 0 Å². The Morgan fingerprint density at radius 2 is 1.82 bits per heavy atom. The second-order valence-corrected chi connectivity index (χ2v) is 4.00. The van der Waals surface area contributed by atoms with Gasteiger partial charge >= 0.3 is 0 Å². The van der Waals surface area contributed by atoms with Crippen molar-refractivity contribution in [3.63, 3.8) is 0 Å². The molecule has 0 saturated heterocycles. The molecule has 17 heavy (non-hydrogen) atoms. The fourth-order valence-electron chi connectivity index (χ4n) is 2.29. The van der Waals surface area contributed by atoms with Crippen molar-refractivity contribution >= 4 is 11.8 Å². The van der Waals surface area contributed by atoms with Gasteiger partial charge in [0.25, 0.3) is 0 Å². The Balaban J connectivity index is 0.000000514. The first-order chi connectivity index (χ1) is 8.36. The summed E-state index contributed by atoms with van der Waals surface area (Å²) in [6, 6.07) is 8.93. The zero-order chi connectivity index (χ0) is 12.3. The number of anilines is 1. The number of rotatable bonds is 0. The molecule has 88 valence electrons. The molecule has 2 aliphatic rings. The van der Waals surface area contributed by atoms with Crippen LogP contribution in [0.15, 0.2) is 54.1 Å². The van der Waals surface area contributed by atoms with Crippen LogP contribution in [0.3, 0.4) is 0 Å². The van der Waals surface area contributed by atoms with Crippen molar-refractivity contribution < 1.29 is 0 Å². The third kappa shape index (κ3) is 2.05. The highest BCUT2D eigenvalue weighted by Crippen LogP contribution is 2.33. The molecule has 1 heteroatoms. The van der Waals surface area contributed by atoms with Gasteiger partial charge < -0.3 is 4.90 Å². The Morgan fingerprint density at radius 3 is 2.65 bits per heavy atom. The molecule has 0 bridgehead atoms. The van der Waals surface area contributed by atoms with Gasteiger partial charge in [-0.3, -0.25) is 0 Å². The topological polar surface area (TPSA) is 3.24 Å². The van der Waals surface area contributed by atoms with Crippen molar-refractivity contribution in [3.8, 4) is 0 Å². The largest absolute Gasteiger partial charge is 0.364 e. The molecule has 0 amide bonds. The second-order valence-electron chi connectivity index (χ2n) is 4.00. The van der Waals surface area contributed by atoms with E-state index in [1.165, 1.54) is 16.8 Å². The minimum atomic E-state index is 0.407. The van der Waals surface area contributed by atoms with E-state index in [1.54, 1.807) is 0 Å². The van der Waals surface area contributed by atoms with E-state index in [9.17, 15) is 0 Å². The van der Waals surface area contributed by atoms with Gasteiger partial charge in [-0.2, -0.15) is 0 Å². The molecule has 1 heterocycles. The Morgan fingerprint density at radius 1 is 1.06 bits per heavy atom. The molecule has 0 aromatic heterocycles. The first-order valence-corrected chi connectivity index (χ1v) is 6.24. The van der Waals surface area contributed by atoms with E-state index in [2.05, 4.69) is 66.6 Å². The first-order valence-electron chi connectivity index (χ1n) is 6.24. The van der Waals surface area contributed by atoms with Crippen LogP contribution in [0.25, 0.3) is 6.08 Å². The van der Waals surface area contributed by atoms with Gasteiger partial charge in [-0.1, -0.05) is 56.4 Å². The highest BCUT2D eigenvalue weighted by atomic mass is 15.1. The van der Waals surface area contributed by atoms with Crippen molar-refractivity contribution in [2.45, 2.75) is 19.9 Å². The quantitative estimate of drug-likeness (QED) is 0.644. The molecule has 1 aromatic rings. The van der Waals surface area contributed by atoms with Gasteiger partial charge in [-0.15, -0.1) is 0 Å². The van der Waals surface area contributed by atoms with Gasteiger partial charge in [0, 0.05) is 12.7 Å². The molecule has 0 radical (unpaired) electrons. The summed E-state index contributed by atoms with van der Waals surface area (Å²) in [6.45, 7) is 4.00. The maximum atomic E-state index is 2.32. The van der Waals surface area contributed by atoms with Gasteiger partial charge in [0.15, 0.2) is 0 Å². The summed E-state index contributed by atoms with van der Waals surface area (Å²) >= 11 is 0. The SMILES string of the molecule is CC.CN1c2ccccc2C=C2C=CC=CC21. The van der Waals surface area contributed by atoms with Gasteiger partial charge in [-0.25, -0.2) is 0 Å². The average Bonchev–Trinajstić information content (AvgIpc) is 2.41.